The van der Waals surface area contributed by atoms with Crippen LogP contribution in [0.3, 0.4) is 0 Å². The number of hydrogen-bond donors (Lipinski definition) is 3. The highest BCUT2D eigenvalue weighted by Crippen LogP contribution is 2.45. The van der Waals surface area contributed by atoms with Crippen molar-refractivity contribution in [2.24, 2.45) is 23.7 Å². The normalized spacial score (nSPS) is 14.8. The van der Waals surface area contributed by atoms with Crippen LogP contribution in [0.1, 0.15) is 364 Å². The van der Waals surface area contributed by atoms with E-state index in [2.05, 4.69) is 55.4 Å². The van der Waals surface area contributed by atoms with Gasteiger partial charge in [0.1, 0.15) is 19.3 Å². The molecule has 0 heterocycles. The van der Waals surface area contributed by atoms with Gasteiger partial charge in [0, 0.05) is 25.7 Å². The molecule has 19 heteroatoms. The van der Waals surface area contributed by atoms with Crippen LogP contribution in [0.15, 0.2) is 0 Å². The highest BCUT2D eigenvalue weighted by molar-refractivity contribution is 7.47. The maximum Gasteiger partial charge on any atom is 0.472 e. The summed E-state index contributed by atoms with van der Waals surface area (Å²) in [5.74, 6) is 0.911. The second kappa shape index (κ2) is 62.6. The number of unbranched alkanes of at least 4 members (excludes halogenated alkanes) is 34. The molecule has 0 amide bonds. The summed E-state index contributed by atoms with van der Waals surface area (Å²) in [7, 11) is -9.91. The Morgan fingerprint density at radius 2 is 0.522 bits per heavy atom. The standard InChI is InChI=1S/C73H142O17P2/c1-9-65(7)51-43-35-27-21-18-19-22-28-37-45-53-70(75)83-59-68(89-72(77)55-47-39-29-23-17-15-13-11-12-14-16-20-25-33-41-49-63(3)4)61-87-91(79,80)85-57-67(74)58-86-92(81,82)88-62-69(90-73(78)56-48-40-30-24-26-34-42-50-64(5)6)60-84-71(76)54-46-38-32-31-36-44-52-66(8)10-2/h63-69,74H,9-62H2,1-8H3,(H,79,80)(H,81,82)/t65?,66?,67-,68-,69-/m1/s1. The molecule has 0 aliphatic rings. The average molecular weight is 1350 g/mol. The Morgan fingerprint density at radius 3 is 0.772 bits per heavy atom. The molecule has 0 bridgehead atoms. The molecule has 0 saturated heterocycles. The number of carbonyl (C=O) groups excluding carboxylic acids is 4. The fourth-order valence-electron chi connectivity index (χ4n) is 11.0. The zero-order valence-corrected chi connectivity index (χ0v) is 62.0. The first-order valence-electron chi connectivity index (χ1n) is 37.8. The Kier molecular flexibility index (Phi) is 61.3. The van der Waals surface area contributed by atoms with Crippen molar-refractivity contribution in [2.45, 2.75) is 382 Å². The molecule has 0 aromatic heterocycles. The Labute approximate surface area is 562 Å². The lowest BCUT2D eigenvalue weighted by Gasteiger charge is -2.21. The van der Waals surface area contributed by atoms with E-state index in [0.29, 0.717) is 31.6 Å². The fraction of sp³-hybridized carbons (Fsp3) is 0.945. The van der Waals surface area contributed by atoms with Crippen LogP contribution in [0.5, 0.6) is 0 Å². The second-order valence-corrected chi connectivity index (χ2v) is 30.7. The van der Waals surface area contributed by atoms with Crippen LogP contribution < -0.4 is 0 Å². The van der Waals surface area contributed by atoms with E-state index in [-0.39, 0.29) is 25.7 Å². The summed E-state index contributed by atoms with van der Waals surface area (Å²) >= 11 is 0. The number of phosphoric acid groups is 2. The molecule has 0 aliphatic heterocycles. The lowest BCUT2D eigenvalue weighted by molar-refractivity contribution is -0.161. The predicted octanol–water partition coefficient (Wildman–Crippen LogP) is 20.9. The number of phosphoric ester groups is 2. The van der Waals surface area contributed by atoms with Crippen LogP contribution in [0.2, 0.25) is 0 Å². The van der Waals surface area contributed by atoms with Gasteiger partial charge in [-0.2, -0.15) is 0 Å². The van der Waals surface area contributed by atoms with Crippen molar-refractivity contribution in [3.63, 3.8) is 0 Å². The van der Waals surface area contributed by atoms with Gasteiger partial charge in [-0.3, -0.25) is 37.3 Å². The topological polar surface area (TPSA) is 237 Å². The lowest BCUT2D eigenvalue weighted by atomic mass is 9.99. The zero-order valence-electron chi connectivity index (χ0n) is 60.2. The summed E-state index contributed by atoms with van der Waals surface area (Å²) in [5.41, 5.74) is 0. The minimum atomic E-state index is -4.96. The summed E-state index contributed by atoms with van der Waals surface area (Å²) in [6.45, 7) is 14.1. The summed E-state index contributed by atoms with van der Waals surface area (Å²) < 4.78 is 68.4. The van der Waals surface area contributed by atoms with Gasteiger partial charge in [-0.05, 0) is 49.4 Å². The molecule has 0 aliphatic carbocycles. The second-order valence-electron chi connectivity index (χ2n) is 27.8. The van der Waals surface area contributed by atoms with Crippen molar-refractivity contribution in [3.05, 3.63) is 0 Å². The molecular formula is C73H142O17P2. The minimum absolute atomic E-state index is 0.102. The molecule has 0 aromatic carbocycles. The van der Waals surface area contributed by atoms with Crippen LogP contribution in [0.4, 0.5) is 0 Å². The van der Waals surface area contributed by atoms with Crippen molar-refractivity contribution < 1.29 is 80.2 Å². The van der Waals surface area contributed by atoms with Gasteiger partial charge >= 0.3 is 39.5 Å². The number of esters is 4. The number of carbonyl (C=O) groups is 4. The van der Waals surface area contributed by atoms with E-state index in [1.807, 2.05) is 0 Å². The van der Waals surface area contributed by atoms with E-state index in [0.717, 1.165) is 114 Å². The maximum absolute atomic E-state index is 13.1. The van der Waals surface area contributed by atoms with Crippen molar-refractivity contribution >= 4 is 39.5 Å². The van der Waals surface area contributed by atoms with Crippen LogP contribution in [-0.2, 0) is 65.4 Å². The molecular weight excluding hydrogens is 1210 g/mol. The first kappa shape index (κ1) is 90.1. The van der Waals surface area contributed by atoms with E-state index in [1.165, 1.54) is 161 Å². The number of aliphatic hydroxyl groups is 1. The third-order valence-corrected chi connectivity index (χ3v) is 19.4. The van der Waals surface area contributed by atoms with E-state index in [4.69, 9.17) is 37.0 Å². The van der Waals surface area contributed by atoms with Crippen LogP contribution >= 0.6 is 15.6 Å². The molecule has 3 N–H and O–H groups in total. The van der Waals surface area contributed by atoms with Gasteiger partial charge in [-0.25, -0.2) is 9.13 Å². The Balaban J connectivity index is 5.24. The van der Waals surface area contributed by atoms with Crippen LogP contribution in [-0.4, -0.2) is 96.7 Å². The molecule has 0 saturated carbocycles. The quantitative estimate of drug-likeness (QED) is 0.0222. The van der Waals surface area contributed by atoms with Gasteiger partial charge in [-0.1, -0.05) is 312 Å². The Morgan fingerprint density at radius 1 is 0.304 bits per heavy atom. The van der Waals surface area contributed by atoms with Crippen LogP contribution in [0.25, 0.3) is 0 Å². The first-order chi connectivity index (χ1) is 44.2. The molecule has 0 radical (unpaired) electrons. The zero-order chi connectivity index (χ0) is 68.2. The third-order valence-electron chi connectivity index (χ3n) is 17.5. The van der Waals surface area contributed by atoms with Crippen molar-refractivity contribution in [3.8, 4) is 0 Å². The fourth-order valence-corrected chi connectivity index (χ4v) is 12.5. The summed E-state index contributed by atoms with van der Waals surface area (Å²) in [6, 6.07) is 0. The maximum atomic E-state index is 13.1. The molecule has 0 fully saturated rings. The Bertz CT molecular complexity index is 1820. The molecule has 0 spiro atoms. The molecule has 546 valence electrons. The van der Waals surface area contributed by atoms with Gasteiger partial charge in [0.25, 0.3) is 0 Å². The number of hydrogen-bond acceptors (Lipinski definition) is 15. The molecule has 0 aromatic rings. The molecule has 0 rings (SSSR count). The van der Waals surface area contributed by atoms with E-state index in [1.54, 1.807) is 0 Å². The highest BCUT2D eigenvalue weighted by Gasteiger charge is 2.30. The largest absolute Gasteiger partial charge is 0.472 e. The van der Waals surface area contributed by atoms with Crippen molar-refractivity contribution in [1.82, 2.24) is 0 Å². The number of ether oxygens (including phenoxy) is 4. The predicted molar refractivity (Wildman–Crippen MR) is 372 cm³/mol. The SMILES string of the molecule is CCC(C)CCCCCCCCCCCCC(=O)OC[C@H](COP(=O)(O)OC[C@@H](O)COP(=O)(O)OC[C@@H](COC(=O)CCCCCCCCC(C)CC)OC(=O)CCCCCCCCCC(C)C)OC(=O)CCCCCCCCCCCCCCCCCC(C)C. The van der Waals surface area contributed by atoms with Crippen LogP contribution in [0, 0.1) is 23.7 Å². The smallest absolute Gasteiger partial charge is 0.462 e. The average Bonchev–Trinajstić information content (AvgIpc) is 2.65. The first-order valence-corrected chi connectivity index (χ1v) is 40.8. The van der Waals surface area contributed by atoms with E-state index in [9.17, 15) is 43.2 Å². The highest BCUT2D eigenvalue weighted by atomic mass is 31.2. The summed E-state index contributed by atoms with van der Waals surface area (Å²) in [4.78, 5) is 72.6. The third kappa shape index (κ3) is 64.1. The van der Waals surface area contributed by atoms with Gasteiger partial charge in [0.2, 0.25) is 0 Å². The number of rotatable bonds is 70. The summed E-state index contributed by atoms with van der Waals surface area (Å²) in [6.07, 6.45) is 45.9. The molecule has 4 unspecified atom stereocenters. The molecule has 17 nitrogen and oxygen atoms in total. The molecule has 7 atom stereocenters. The Hall–Kier alpha value is -1.94. The van der Waals surface area contributed by atoms with E-state index >= 15 is 0 Å². The monoisotopic (exact) mass is 1350 g/mol. The number of aliphatic hydroxyl groups excluding tert-OH is 1. The van der Waals surface area contributed by atoms with Gasteiger partial charge in [0.05, 0.1) is 26.4 Å². The van der Waals surface area contributed by atoms with Crippen molar-refractivity contribution in [2.75, 3.05) is 39.6 Å². The molecule has 92 heavy (non-hydrogen) atoms. The van der Waals surface area contributed by atoms with Gasteiger partial charge in [0.15, 0.2) is 12.2 Å². The van der Waals surface area contributed by atoms with Crippen molar-refractivity contribution in [1.29, 1.82) is 0 Å². The lowest BCUT2D eigenvalue weighted by Crippen LogP contribution is -2.30. The summed E-state index contributed by atoms with van der Waals surface area (Å²) in [5, 5.41) is 10.6. The minimum Gasteiger partial charge on any atom is -0.462 e. The van der Waals surface area contributed by atoms with Gasteiger partial charge < -0.3 is 33.8 Å². The van der Waals surface area contributed by atoms with E-state index < -0.39 is 97.5 Å². The van der Waals surface area contributed by atoms with Gasteiger partial charge in [-0.15, -0.1) is 0 Å².